The van der Waals surface area contributed by atoms with E-state index in [0.29, 0.717) is 20.9 Å². The number of nitrogens with one attached hydrogen (secondary N) is 1. The number of thiazole rings is 1. The number of carbonyl (C=O) groups is 1. The largest absolute Gasteiger partial charge is 0.324 e. The lowest BCUT2D eigenvalue weighted by molar-refractivity contribution is -0.113. The van der Waals surface area contributed by atoms with Crippen LogP contribution >= 0.6 is 22.9 Å². The van der Waals surface area contributed by atoms with Gasteiger partial charge in [-0.2, -0.15) is 0 Å². The summed E-state index contributed by atoms with van der Waals surface area (Å²) < 4.78 is 25.4. The van der Waals surface area contributed by atoms with Crippen LogP contribution in [0.4, 0.5) is 5.69 Å². The Morgan fingerprint density at radius 2 is 1.92 bits per heavy atom. The van der Waals surface area contributed by atoms with E-state index < -0.39 is 21.5 Å². The molecule has 0 saturated carbocycles. The minimum absolute atomic E-state index is 0.127. The van der Waals surface area contributed by atoms with Crippen molar-refractivity contribution in [1.29, 1.82) is 0 Å². The Bertz CT molecular complexity index is 1010. The average Bonchev–Trinajstić information content (AvgIpc) is 3.01. The molecule has 0 atom stereocenters. The minimum Gasteiger partial charge on any atom is -0.324 e. The summed E-state index contributed by atoms with van der Waals surface area (Å²) in [4.78, 5) is 16.4. The van der Waals surface area contributed by atoms with Gasteiger partial charge in [0.2, 0.25) is 5.91 Å². The molecule has 5 nitrogen and oxygen atoms in total. The van der Waals surface area contributed by atoms with Crippen molar-refractivity contribution in [1.82, 2.24) is 4.98 Å². The zero-order chi connectivity index (χ0) is 17.3. The maximum absolute atomic E-state index is 12.3. The number of benzene rings is 2. The Morgan fingerprint density at radius 3 is 2.62 bits per heavy atom. The highest BCUT2D eigenvalue weighted by Gasteiger charge is 2.20. The molecule has 124 valence electrons. The number of aromatic nitrogens is 1. The van der Waals surface area contributed by atoms with Crippen LogP contribution in [0.2, 0.25) is 5.02 Å². The normalized spacial score (nSPS) is 11.6. The van der Waals surface area contributed by atoms with E-state index in [0.717, 1.165) is 5.56 Å². The second-order valence-corrected chi connectivity index (χ2v) is 8.50. The SMILES string of the molecule is Cc1ccc(S(=O)(=O)CC(=O)Nc2ccc(Cl)c3ncsc23)cc1. The lowest BCUT2D eigenvalue weighted by Crippen LogP contribution is -2.23. The predicted molar refractivity (Wildman–Crippen MR) is 96.5 cm³/mol. The maximum atomic E-state index is 12.3. The Morgan fingerprint density at radius 1 is 1.21 bits per heavy atom. The first-order valence-corrected chi connectivity index (χ1v) is 9.89. The summed E-state index contributed by atoms with van der Waals surface area (Å²) in [5.41, 5.74) is 3.66. The Balaban J connectivity index is 1.81. The van der Waals surface area contributed by atoms with Crippen LogP contribution in [-0.4, -0.2) is 25.1 Å². The van der Waals surface area contributed by atoms with E-state index >= 15 is 0 Å². The molecule has 8 heteroatoms. The summed E-state index contributed by atoms with van der Waals surface area (Å²) >= 11 is 7.37. The third-order valence-corrected chi connectivity index (χ3v) is 6.21. The molecule has 2 aromatic carbocycles. The van der Waals surface area contributed by atoms with Gasteiger partial charge in [-0.05, 0) is 31.2 Å². The molecule has 3 rings (SSSR count). The molecule has 24 heavy (non-hydrogen) atoms. The van der Waals surface area contributed by atoms with E-state index in [1.54, 1.807) is 29.8 Å². The molecule has 0 saturated heterocycles. The van der Waals surface area contributed by atoms with Crippen molar-refractivity contribution >= 4 is 54.6 Å². The van der Waals surface area contributed by atoms with Crippen LogP contribution in [0, 0.1) is 6.92 Å². The number of aryl methyl sites for hydroxylation is 1. The van der Waals surface area contributed by atoms with E-state index in [2.05, 4.69) is 10.3 Å². The summed E-state index contributed by atoms with van der Waals surface area (Å²) in [7, 11) is -3.69. The van der Waals surface area contributed by atoms with Gasteiger partial charge in [0.15, 0.2) is 9.84 Å². The lowest BCUT2D eigenvalue weighted by atomic mass is 10.2. The third kappa shape index (κ3) is 3.43. The topological polar surface area (TPSA) is 76.1 Å². The second-order valence-electron chi connectivity index (χ2n) is 5.25. The van der Waals surface area contributed by atoms with Crippen LogP contribution in [-0.2, 0) is 14.6 Å². The fourth-order valence-electron chi connectivity index (χ4n) is 2.20. The van der Waals surface area contributed by atoms with E-state index in [1.165, 1.54) is 23.5 Å². The van der Waals surface area contributed by atoms with Gasteiger partial charge >= 0.3 is 0 Å². The molecule has 1 N–H and O–H groups in total. The van der Waals surface area contributed by atoms with Gasteiger partial charge in [-0.1, -0.05) is 29.3 Å². The molecule has 0 radical (unpaired) electrons. The number of amides is 1. The molecule has 0 spiro atoms. The first-order valence-electron chi connectivity index (χ1n) is 6.98. The number of sulfone groups is 1. The molecule has 0 aliphatic carbocycles. The van der Waals surface area contributed by atoms with Gasteiger partial charge in [0.05, 0.1) is 25.8 Å². The van der Waals surface area contributed by atoms with E-state index in [4.69, 9.17) is 11.6 Å². The summed E-state index contributed by atoms with van der Waals surface area (Å²) in [6, 6.07) is 9.66. The number of hydrogen-bond donors (Lipinski definition) is 1. The predicted octanol–water partition coefficient (Wildman–Crippen LogP) is 3.67. The van der Waals surface area contributed by atoms with Crippen molar-refractivity contribution in [3.05, 3.63) is 52.5 Å². The quantitative estimate of drug-likeness (QED) is 0.749. The fourth-order valence-corrected chi connectivity index (χ4v) is 4.39. The van der Waals surface area contributed by atoms with Gasteiger partial charge in [-0.25, -0.2) is 13.4 Å². The zero-order valence-electron chi connectivity index (χ0n) is 12.6. The van der Waals surface area contributed by atoms with Gasteiger partial charge < -0.3 is 5.32 Å². The van der Waals surface area contributed by atoms with Crippen LogP contribution in [0.3, 0.4) is 0 Å². The van der Waals surface area contributed by atoms with Crippen LogP contribution in [0.1, 0.15) is 5.56 Å². The van der Waals surface area contributed by atoms with Crippen molar-refractivity contribution in [2.45, 2.75) is 11.8 Å². The molecular formula is C16H13ClN2O3S2. The number of anilines is 1. The molecule has 0 unspecified atom stereocenters. The van der Waals surface area contributed by atoms with Crippen molar-refractivity contribution in [2.24, 2.45) is 0 Å². The molecule has 1 aromatic heterocycles. The van der Waals surface area contributed by atoms with Gasteiger partial charge in [0.1, 0.15) is 11.3 Å². The summed E-state index contributed by atoms with van der Waals surface area (Å²) in [6.07, 6.45) is 0. The first-order chi connectivity index (χ1) is 11.4. The number of halogens is 1. The highest BCUT2D eigenvalue weighted by Crippen LogP contribution is 2.32. The van der Waals surface area contributed by atoms with Crippen molar-refractivity contribution in [3.63, 3.8) is 0 Å². The van der Waals surface area contributed by atoms with Crippen molar-refractivity contribution < 1.29 is 13.2 Å². The molecular weight excluding hydrogens is 368 g/mol. The molecule has 0 aliphatic rings. The summed E-state index contributed by atoms with van der Waals surface area (Å²) in [6.45, 7) is 1.87. The standard InChI is InChI=1S/C16H13ClN2O3S2/c1-10-2-4-11(5-3-10)24(21,22)8-14(20)19-13-7-6-12(17)15-16(13)23-9-18-15/h2-7,9H,8H2,1H3,(H,19,20). The van der Waals surface area contributed by atoms with Crippen molar-refractivity contribution in [3.8, 4) is 0 Å². The lowest BCUT2D eigenvalue weighted by Gasteiger charge is -2.08. The molecule has 3 aromatic rings. The molecule has 1 heterocycles. The number of nitrogens with zero attached hydrogens (tertiary/aromatic N) is 1. The second kappa shape index (κ2) is 6.51. The van der Waals surface area contributed by atoms with E-state index in [9.17, 15) is 13.2 Å². The monoisotopic (exact) mass is 380 g/mol. The smallest absolute Gasteiger partial charge is 0.240 e. The maximum Gasteiger partial charge on any atom is 0.240 e. The minimum atomic E-state index is -3.69. The van der Waals surface area contributed by atoms with E-state index in [-0.39, 0.29) is 4.90 Å². The Hall–Kier alpha value is -1.96. The number of fused-ring (bicyclic) bond motifs is 1. The number of carbonyl (C=O) groups excluding carboxylic acids is 1. The molecule has 0 bridgehead atoms. The van der Waals surface area contributed by atoms with Crippen LogP contribution in [0.25, 0.3) is 10.2 Å². The molecule has 1 amide bonds. The van der Waals surface area contributed by atoms with Gasteiger partial charge in [0.25, 0.3) is 0 Å². The van der Waals surface area contributed by atoms with Crippen LogP contribution in [0.5, 0.6) is 0 Å². The summed E-state index contributed by atoms with van der Waals surface area (Å²) in [5, 5.41) is 3.11. The fraction of sp³-hybridized carbons (Fsp3) is 0.125. The highest BCUT2D eigenvalue weighted by atomic mass is 35.5. The molecule has 0 fully saturated rings. The first kappa shape index (κ1) is 16.9. The Kier molecular flexibility index (Phi) is 4.58. The van der Waals surface area contributed by atoms with E-state index in [1.807, 2.05) is 6.92 Å². The van der Waals surface area contributed by atoms with Gasteiger partial charge in [-0.15, -0.1) is 11.3 Å². The average molecular weight is 381 g/mol. The highest BCUT2D eigenvalue weighted by molar-refractivity contribution is 7.92. The van der Waals surface area contributed by atoms with Crippen molar-refractivity contribution in [2.75, 3.05) is 11.1 Å². The van der Waals surface area contributed by atoms with Crippen LogP contribution in [0.15, 0.2) is 46.8 Å². The van der Waals surface area contributed by atoms with Crippen LogP contribution < -0.4 is 5.32 Å². The third-order valence-electron chi connectivity index (χ3n) is 3.41. The Labute approximate surface area is 148 Å². The zero-order valence-corrected chi connectivity index (χ0v) is 15.0. The van der Waals surface area contributed by atoms with Gasteiger partial charge in [0, 0.05) is 0 Å². The molecule has 0 aliphatic heterocycles. The number of hydrogen-bond acceptors (Lipinski definition) is 5. The number of rotatable bonds is 4. The van der Waals surface area contributed by atoms with Gasteiger partial charge in [-0.3, -0.25) is 4.79 Å². The summed E-state index contributed by atoms with van der Waals surface area (Å²) in [5.74, 6) is -1.23.